The number of non-ortho nitro benzene ring substituents is 1. The van der Waals surface area contributed by atoms with Crippen molar-refractivity contribution in [2.45, 2.75) is 11.8 Å². The largest absolute Gasteiger partial charge is 0.271 e. The minimum Gasteiger partial charge on any atom is -0.271 e. The number of hydrazone groups is 1. The Kier molecular flexibility index (Phi) is 6.96. The van der Waals surface area contributed by atoms with E-state index in [0.29, 0.717) is 17.0 Å². The quantitative estimate of drug-likeness (QED) is 0.319. The number of amides is 1. The van der Waals surface area contributed by atoms with Gasteiger partial charge in [-0.15, -0.1) is 0 Å². The van der Waals surface area contributed by atoms with Crippen molar-refractivity contribution in [2.24, 2.45) is 5.10 Å². The fraction of sp³-hybridized carbons (Fsp3) is 0.0909. The van der Waals surface area contributed by atoms with Crippen LogP contribution in [-0.4, -0.2) is 31.5 Å². The highest BCUT2D eigenvalue weighted by molar-refractivity contribution is 7.92. The second-order valence-corrected chi connectivity index (χ2v) is 8.56. The van der Waals surface area contributed by atoms with Gasteiger partial charge < -0.3 is 0 Å². The lowest BCUT2D eigenvalue weighted by atomic mass is 10.1. The molecular formula is C22H20N4O5S. The molecule has 0 spiro atoms. The number of nitrogens with one attached hydrogen (secondary N) is 1. The summed E-state index contributed by atoms with van der Waals surface area (Å²) in [6.07, 6.45) is 0. The first-order chi connectivity index (χ1) is 15.3. The maximum Gasteiger partial charge on any atom is 0.269 e. The van der Waals surface area contributed by atoms with Crippen LogP contribution in [0.5, 0.6) is 0 Å². The van der Waals surface area contributed by atoms with Crippen molar-refractivity contribution in [1.29, 1.82) is 0 Å². The molecule has 32 heavy (non-hydrogen) atoms. The number of carbonyl (C=O) groups excluding carboxylic acids is 1. The molecule has 0 aliphatic rings. The normalized spacial score (nSPS) is 11.6. The molecule has 0 saturated heterocycles. The fourth-order valence-corrected chi connectivity index (χ4v) is 4.27. The van der Waals surface area contributed by atoms with Gasteiger partial charge in [0.05, 0.1) is 21.2 Å². The van der Waals surface area contributed by atoms with Crippen LogP contribution in [0, 0.1) is 10.1 Å². The predicted molar refractivity (Wildman–Crippen MR) is 121 cm³/mol. The lowest BCUT2D eigenvalue weighted by molar-refractivity contribution is -0.384. The van der Waals surface area contributed by atoms with Gasteiger partial charge in [0, 0.05) is 12.1 Å². The molecule has 0 aliphatic heterocycles. The highest BCUT2D eigenvalue weighted by Crippen LogP contribution is 2.23. The number of hydrogen-bond acceptors (Lipinski definition) is 6. The van der Waals surface area contributed by atoms with Crippen molar-refractivity contribution in [3.05, 3.63) is 101 Å². The van der Waals surface area contributed by atoms with E-state index < -0.39 is 27.4 Å². The summed E-state index contributed by atoms with van der Waals surface area (Å²) in [6.45, 7) is 1.13. The van der Waals surface area contributed by atoms with Crippen LogP contribution < -0.4 is 9.73 Å². The van der Waals surface area contributed by atoms with E-state index in [1.54, 1.807) is 55.5 Å². The zero-order chi connectivity index (χ0) is 23.1. The zero-order valence-electron chi connectivity index (χ0n) is 17.1. The van der Waals surface area contributed by atoms with Gasteiger partial charge in [0.15, 0.2) is 0 Å². The predicted octanol–water partition coefficient (Wildman–Crippen LogP) is 3.33. The van der Waals surface area contributed by atoms with Gasteiger partial charge in [0.1, 0.15) is 6.54 Å². The number of rotatable bonds is 8. The first kappa shape index (κ1) is 22.6. The Labute approximate surface area is 185 Å². The number of carbonyl (C=O) groups is 1. The van der Waals surface area contributed by atoms with Crippen LogP contribution in [0.25, 0.3) is 0 Å². The summed E-state index contributed by atoms with van der Waals surface area (Å²) in [7, 11) is -3.99. The van der Waals surface area contributed by atoms with Gasteiger partial charge in [-0.25, -0.2) is 13.8 Å². The minimum atomic E-state index is -3.99. The summed E-state index contributed by atoms with van der Waals surface area (Å²) in [5.41, 5.74) is 3.61. The molecule has 10 heteroatoms. The lowest BCUT2D eigenvalue weighted by Crippen LogP contribution is -2.39. The molecule has 164 valence electrons. The van der Waals surface area contributed by atoms with E-state index in [2.05, 4.69) is 10.5 Å². The number of nitro benzene ring substituents is 1. The molecule has 0 saturated carbocycles. The molecule has 0 unspecified atom stereocenters. The zero-order valence-corrected chi connectivity index (χ0v) is 17.9. The van der Waals surface area contributed by atoms with E-state index in [1.165, 1.54) is 36.4 Å². The molecule has 9 nitrogen and oxygen atoms in total. The number of nitro groups is 1. The third-order valence-corrected chi connectivity index (χ3v) is 6.29. The summed E-state index contributed by atoms with van der Waals surface area (Å²) in [5, 5.41) is 14.8. The second kappa shape index (κ2) is 9.84. The lowest BCUT2D eigenvalue weighted by Gasteiger charge is -2.23. The van der Waals surface area contributed by atoms with Crippen molar-refractivity contribution in [2.75, 3.05) is 10.8 Å². The third-order valence-electron chi connectivity index (χ3n) is 4.51. The average molecular weight is 452 g/mol. The van der Waals surface area contributed by atoms with Crippen LogP contribution in [-0.2, 0) is 14.8 Å². The molecule has 0 aliphatic carbocycles. The average Bonchev–Trinajstić information content (AvgIpc) is 2.82. The minimum absolute atomic E-state index is 0.0576. The van der Waals surface area contributed by atoms with Gasteiger partial charge >= 0.3 is 0 Å². The number of para-hydroxylation sites is 1. The molecule has 1 N–H and O–H groups in total. The van der Waals surface area contributed by atoms with Crippen LogP contribution in [0.15, 0.2) is 94.9 Å². The van der Waals surface area contributed by atoms with Crippen molar-refractivity contribution in [3.63, 3.8) is 0 Å². The molecule has 0 radical (unpaired) electrons. The van der Waals surface area contributed by atoms with Crippen molar-refractivity contribution < 1.29 is 18.1 Å². The number of hydrogen-bond donors (Lipinski definition) is 1. The topological polar surface area (TPSA) is 122 Å². The van der Waals surface area contributed by atoms with Crippen molar-refractivity contribution in [3.8, 4) is 0 Å². The molecule has 0 heterocycles. The monoisotopic (exact) mass is 452 g/mol. The highest BCUT2D eigenvalue weighted by Gasteiger charge is 2.26. The van der Waals surface area contributed by atoms with Crippen molar-refractivity contribution >= 4 is 33.0 Å². The Bertz CT molecular complexity index is 1230. The van der Waals surface area contributed by atoms with E-state index >= 15 is 0 Å². The van der Waals surface area contributed by atoms with E-state index in [9.17, 15) is 23.3 Å². The first-order valence-corrected chi connectivity index (χ1v) is 10.9. The Morgan fingerprint density at radius 2 is 1.53 bits per heavy atom. The van der Waals surface area contributed by atoms with Gasteiger partial charge in [-0.2, -0.15) is 5.10 Å². The summed E-state index contributed by atoms with van der Waals surface area (Å²) < 4.78 is 27.3. The summed E-state index contributed by atoms with van der Waals surface area (Å²) in [6, 6.07) is 21.8. The highest BCUT2D eigenvalue weighted by atomic mass is 32.2. The molecular weight excluding hydrogens is 432 g/mol. The number of benzene rings is 3. The summed E-state index contributed by atoms with van der Waals surface area (Å²) in [5.74, 6) is -0.644. The third kappa shape index (κ3) is 5.35. The van der Waals surface area contributed by atoms with Gasteiger partial charge in [-0.1, -0.05) is 36.4 Å². The van der Waals surface area contributed by atoms with Crippen LogP contribution in [0.1, 0.15) is 12.5 Å². The molecule has 0 atom stereocenters. The molecule has 3 rings (SSSR count). The van der Waals surface area contributed by atoms with Gasteiger partial charge in [-0.3, -0.25) is 19.2 Å². The summed E-state index contributed by atoms with van der Waals surface area (Å²) in [4.78, 5) is 22.9. The van der Waals surface area contributed by atoms with E-state index in [-0.39, 0.29) is 10.6 Å². The Morgan fingerprint density at radius 1 is 0.969 bits per heavy atom. The maximum atomic E-state index is 13.2. The van der Waals surface area contributed by atoms with Crippen LogP contribution in [0.3, 0.4) is 0 Å². The summed E-state index contributed by atoms with van der Waals surface area (Å²) >= 11 is 0. The molecule has 0 aromatic heterocycles. The van der Waals surface area contributed by atoms with Gasteiger partial charge in [-0.05, 0) is 48.9 Å². The van der Waals surface area contributed by atoms with Crippen molar-refractivity contribution in [1.82, 2.24) is 5.43 Å². The van der Waals surface area contributed by atoms with Gasteiger partial charge in [0.2, 0.25) is 0 Å². The first-order valence-electron chi connectivity index (χ1n) is 9.50. The number of nitrogens with zero attached hydrogens (tertiary/aromatic N) is 3. The Hall–Kier alpha value is -4.05. The number of anilines is 1. The number of sulfonamides is 1. The molecule has 0 bridgehead atoms. The SMILES string of the molecule is C/C(=N/NC(=O)CN(c1ccccc1)S(=O)(=O)c1ccccc1)c1ccc([N+](=O)[O-])cc1. The van der Waals surface area contributed by atoms with E-state index in [4.69, 9.17) is 0 Å². The molecule has 3 aromatic rings. The molecule has 0 fully saturated rings. The Morgan fingerprint density at radius 3 is 2.09 bits per heavy atom. The van der Waals surface area contributed by atoms with Gasteiger partial charge in [0.25, 0.3) is 21.6 Å². The molecule has 1 amide bonds. The second-order valence-electron chi connectivity index (χ2n) is 6.70. The van der Waals surface area contributed by atoms with E-state index in [0.717, 1.165) is 4.31 Å². The standard InChI is InChI=1S/C22H20N4O5S/c1-17(18-12-14-20(15-13-18)26(28)29)23-24-22(27)16-25(19-8-4-2-5-9-19)32(30,31)21-10-6-3-7-11-21/h2-15H,16H2,1H3,(H,24,27)/b23-17-. The maximum absolute atomic E-state index is 13.2. The Balaban J connectivity index is 1.80. The fourth-order valence-electron chi connectivity index (χ4n) is 2.83. The smallest absolute Gasteiger partial charge is 0.269 e. The van der Waals surface area contributed by atoms with Crippen LogP contribution in [0.4, 0.5) is 11.4 Å². The van der Waals surface area contributed by atoms with Crippen LogP contribution in [0.2, 0.25) is 0 Å². The molecule has 3 aromatic carbocycles. The van der Waals surface area contributed by atoms with Crippen LogP contribution >= 0.6 is 0 Å². The van der Waals surface area contributed by atoms with E-state index in [1.807, 2.05) is 0 Å².